The molecule has 2 aromatic heterocycles. The monoisotopic (exact) mass is 476 g/mol. The van der Waals surface area contributed by atoms with Gasteiger partial charge in [0.1, 0.15) is 28.7 Å². The number of halogens is 2. The molecule has 0 radical (unpaired) electrons. The molecule has 5 rings (SSSR count). The second kappa shape index (κ2) is 10.2. The fourth-order valence-corrected chi connectivity index (χ4v) is 5.16. The lowest BCUT2D eigenvalue weighted by molar-refractivity contribution is 0.445. The van der Waals surface area contributed by atoms with Crippen LogP contribution in [0.2, 0.25) is 0 Å². The highest BCUT2D eigenvalue weighted by Gasteiger charge is 2.24. The summed E-state index contributed by atoms with van der Waals surface area (Å²) in [5, 5.41) is 2.21. The van der Waals surface area contributed by atoms with E-state index in [0.29, 0.717) is 40.1 Å². The van der Waals surface area contributed by atoms with Crippen LogP contribution in [0.3, 0.4) is 0 Å². The third-order valence-electron chi connectivity index (χ3n) is 6.65. The Kier molecular flexibility index (Phi) is 7.29. The minimum absolute atomic E-state index is 0.201. The third kappa shape index (κ3) is 4.58. The summed E-state index contributed by atoms with van der Waals surface area (Å²) in [6, 6.07) is 7.12. The Hall–Kier alpha value is -3.15. The molecule has 0 bridgehead atoms. The van der Waals surface area contributed by atoms with Crippen LogP contribution in [-0.2, 0) is 6.42 Å². The molecule has 3 heterocycles. The lowest BCUT2D eigenvalue weighted by atomic mass is 9.93. The molecule has 0 N–H and O–H groups in total. The standard InChI is InChI=1S/C27H28F2N4.C2H6/c1-5-19-22(28)9-8-18-11-16(3)12-20(23(18)19)25-24(29)26-21(13-30-25)27(32-17(4)31-26)33-10-6-7-15(2)14-33;1-2/h8-9,11-13,15H,5-7,10,14H2,1-4H3;1-2H3/t15-;/m0./s1. The summed E-state index contributed by atoms with van der Waals surface area (Å²) < 4.78 is 30.8. The lowest BCUT2D eigenvalue weighted by Gasteiger charge is -2.32. The van der Waals surface area contributed by atoms with E-state index in [2.05, 4.69) is 26.8 Å². The van der Waals surface area contributed by atoms with Gasteiger partial charge in [-0.05, 0) is 73.1 Å². The molecule has 0 aliphatic carbocycles. The second-order valence-electron chi connectivity index (χ2n) is 9.26. The Bertz CT molecular complexity index is 1380. The average Bonchev–Trinajstić information content (AvgIpc) is 2.85. The first kappa shape index (κ1) is 25.0. The fourth-order valence-electron chi connectivity index (χ4n) is 5.16. The van der Waals surface area contributed by atoms with Gasteiger partial charge >= 0.3 is 0 Å². The summed E-state index contributed by atoms with van der Waals surface area (Å²) in [6.07, 6.45) is 4.46. The summed E-state index contributed by atoms with van der Waals surface area (Å²) in [5.74, 6) is 1.07. The molecule has 0 spiro atoms. The summed E-state index contributed by atoms with van der Waals surface area (Å²) in [4.78, 5) is 15.9. The molecular weight excluding hydrogens is 442 g/mol. The third-order valence-corrected chi connectivity index (χ3v) is 6.65. The topological polar surface area (TPSA) is 41.9 Å². The molecule has 35 heavy (non-hydrogen) atoms. The van der Waals surface area contributed by atoms with Gasteiger partial charge in [0.05, 0.1) is 5.39 Å². The maximum absolute atomic E-state index is 16.1. The van der Waals surface area contributed by atoms with Crippen LogP contribution in [0, 0.1) is 31.4 Å². The van der Waals surface area contributed by atoms with E-state index in [1.807, 2.05) is 39.8 Å². The number of piperidine rings is 1. The minimum Gasteiger partial charge on any atom is -0.356 e. The molecule has 0 amide bonds. The van der Waals surface area contributed by atoms with Crippen molar-refractivity contribution in [2.75, 3.05) is 18.0 Å². The van der Waals surface area contributed by atoms with Crippen molar-refractivity contribution in [1.29, 1.82) is 0 Å². The van der Waals surface area contributed by atoms with Crippen molar-refractivity contribution in [2.24, 2.45) is 5.92 Å². The molecule has 0 unspecified atom stereocenters. The van der Waals surface area contributed by atoms with Crippen LogP contribution in [0.15, 0.2) is 30.5 Å². The van der Waals surface area contributed by atoms with Crippen molar-refractivity contribution in [3.63, 3.8) is 0 Å². The lowest BCUT2D eigenvalue weighted by Crippen LogP contribution is -2.35. The van der Waals surface area contributed by atoms with Gasteiger partial charge in [-0.2, -0.15) is 0 Å². The predicted octanol–water partition coefficient (Wildman–Crippen LogP) is 7.56. The van der Waals surface area contributed by atoms with Gasteiger partial charge in [-0.25, -0.2) is 18.7 Å². The number of aryl methyl sites for hydroxylation is 3. The number of hydrogen-bond acceptors (Lipinski definition) is 4. The average molecular weight is 477 g/mol. The number of anilines is 1. The van der Waals surface area contributed by atoms with Gasteiger partial charge in [0.25, 0.3) is 0 Å². The van der Waals surface area contributed by atoms with Gasteiger partial charge in [-0.15, -0.1) is 0 Å². The van der Waals surface area contributed by atoms with E-state index in [-0.39, 0.29) is 17.0 Å². The fraction of sp³-hybridized carbons (Fsp3) is 0.414. The molecule has 1 atom stereocenters. The molecule has 6 heteroatoms. The highest BCUT2D eigenvalue weighted by molar-refractivity contribution is 6.01. The van der Waals surface area contributed by atoms with Gasteiger partial charge in [-0.3, -0.25) is 4.98 Å². The largest absolute Gasteiger partial charge is 0.356 e. The first-order chi connectivity index (χ1) is 16.9. The van der Waals surface area contributed by atoms with E-state index in [0.717, 1.165) is 36.3 Å². The number of benzene rings is 2. The quantitative estimate of drug-likeness (QED) is 0.306. The van der Waals surface area contributed by atoms with Crippen LogP contribution in [0.5, 0.6) is 0 Å². The van der Waals surface area contributed by atoms with Gasteiger partial charge < -0.3 is 4.90 Å². The van der Waals surface area contributed by atoms with E-state index in [1.165, 1.54) is 12.5 Å². The zero-order valence-electron chi connectivity index (χ0n) is 21.5. The Morgan fingerprint density at radius 3 is 2.57 bits per heavy atom. The molecule has 1 fully saturated rings. The Labute approximate surface area is 206 Å². The molecule has 1 aliphatic heterocycles. The maximum Gasteiger partial charge on any atom is 0.175 e. The van der Waals surface area contributed by atoms with Crippen molar-refractivity contribution in [3.05, 3.63) is 59.0 Å². The molecule has 2 aromatic carbocycles. The number of fused-ring (bicyclic) bond motifs is 2. The van der Waals surface area contributed by atoms with Crippen molar-refractivity contribution >= 4 is 27.5 Å². The molecular formula is C29H34F2N4. The smallest absolute Gasteiger partial charge is 0.175 e. The number of pyridine rings is 1. The van der Waals surface area contributed by atoms with Crippen LogP contribution in [-0.4, -0.2) is 28.0 Å². The van der Waals surface area contributed by atoms with E-state index < -0.39 is 5.82 Å². The first-order valence-electron chi connectivity index (χ1n) is 12.7. The van der Waals surface area contributed by atoms with Crippen LogP contribution >= 0.6 is 0 Å². The van der Waals surface area contributed by atoms with Crippen molar-refractivity contribution in [1.82, 2.24) is 15.0 Å². The molecule has 4 nitrogen and oxygen atoms in total. The SMILES string of the molecule is CC.CCc1c(F)ccc2cc(C)cc(-c3ncc4c(N5CCC[C@H](C)C5)nc(C)nc4c3F)c12. The molecule has 1 saturated heterocycles. The maximum atomic E-state index is 16.1. The number of hydrogen-bond donors (Lipinski definition) is 0. The van der Waals surface area contributed by atoms with E-state index in [9.17, 15) is 4.39 Å². The van der Waals surface area contributed by atoms with Crippen LogP contribution in [0.25, 0.3) is 32.9 Å². The van der Waals surface area contributed by atoms with E-state index in [4.69, 9.17) is 0 Å². The summed E-state index contributed by atoms with van der Waals surface area (Å²) in [6.45, 7) is 13.7. The summed E-state index contributed by atoms with van der Waals surface area (Å²) in [7, 11) is 0. The Morgan fingerprint density at radius 2 is 1.86 bits per heavy atom. The highest BCUT2D eigenvalue weighted by atomic mass is 19.1. The Balaban J connectivity index is 0.00000141. The van der Waals surface area contributed by atoms with Gasteiger partial charge in [-0.1, -0.05) is 39.8 Å². The predicted molar refractivity (Wildman–Crippen MR) is 141 cm³/mol. The number of rotatable bonds is 3. The number of aromatic nitrogens is 3. The summed E-state index contributed by atoms with van der Waals surface area (Å²) in [5.41, 5.74) is 2.61. The van der Waals surface area contributed by atoms with Gasteiger partial charge in [0.2, 0.25) is 0 Å². The first-order valence-corrected chi connectivity index (χ1v) is 12.7. The molecule has 184 valence electrons. The van der Waals surface area contributed by atoms with Crippen molar-refractivity contribution in [2.45, 2.75) is 60.8 Å². The van der Waals surface area contributed by atoms with Crippen molar-refractivity contribution in [3.8, 4) is 11.3 Å². The Morgan fingerprint density at radius 1 is 1.09 bits per heavy atom. The molecule has 4 aromatic rings. The molecule has 1 aliphatic rings. The van der Waals surface area contributed by atoms with Crippen LogP contribution in [0.1, 0.15) is 57.5 Å². The van der Waals surface area contributed by atoms with Crippen LogP contribution < -0.4 is 4.90 Å². The van der Waals surface area contributed by atoms with E-state index in [1.54, 1.807) is 19.2 Å². The van der Waals surface area contributed by atoms with E-state index >= 15 is 4.39 Å². The highest BCUT2D eigenvalue weighted by Crippen LogP contribution is 2.37. The normalized spacial score (nSPS) is 15.9. The zero-order valence-corrected chi connectivity index (χ0v) is 21.5. The molecule has 0 saturated carbocycles. The second-order valence-corrected chi connectivity index (χ2v) is 9.26. The zero-order chi connectivity index (χ0) is 25.3. The van der Waals surface area contributed by atoms with Crippen molar-refractivity contribution < 1.29 is 8.78 Å². The minimum atomic E-state index is -0.484. The summed E-state index contributed by atoms with van der Waals surface area (Å²) >= 11 is 0. The van der Waals surface area contributed by atoms with Crippen LogP contribution in [0.4, 0.5) is 14.6 Å². The number of nitrogens with zero attached hydrogens (tertiary/aromatic N) is 4. The van der Waals surface area contributed by atoms with Gasteiger partial charge in [0, 0.05) is 24.8 Å². The van der Waals surface area contributed by atoms with Gasteiger partial charge in [0.15, 0.2) is 5.82 Å².